The average molecular weight is 750 g/mol. The number of nitrogens with zero attached hydrogens (tertiary/aromatic N) is 2. The number of fused-ring (bicyclic) bond motifs is 9. The molecule has 12 rings (SSSR count). The Kier molecular flexibility index (Phi) is 7.09. The molecule has 1 unspecified atom stereocenters. The summed E-state index contributed by atoms with van der Waals surface area (Å²) in [5.74, 6) is 1.38. The fourth-order valence-electron chi connectivity index (χ4n) is 8.47. The molecule has 1 aliphatic heterocycles. The van der Waals surface area contributed by atoms with E-state index in [-0.39, 0.29) is 0 Å². The molecule has 268 valence electrons. The van der Waals surface area contributed by atoms with Crippen LogP contribution in [0.4, 0.5) is 0 Å². The topological polar surface area (TPSA) is 63.0 Å². The Morgan fingerprint density at radius 2 is 1.11 bits per heavy atom. The maximum absolute atomic E-state index is 6.56. The number of rotatable bonds is 5. The molecule has 0 bridgehead atoms. The first-order chi connectivity index (χ1) is 28.2. The highest BCUT2D eigenvalue weighted by atomic mass is 32.1. The highest BCUT2D eigenvalue weighted by molar-refractivity contribution is 7.25. The van der Waals surface area contributed by atoms with E-state index in [1.807, 2.05) is 41.7 Å². The largest absolute Gasteiger partial charge is 0.456 e. The van der Waals surface area contributed by atoms with Gasteiger partial charge in [0.15, 0.2) is 5.84 Å². The van der Waals surface area contributed by atoms with Gasteiger partial charge in [-0.2, -0.15) is 0 Å². The van der Waals surface area contributed by atoms with Crippen molar-refractivity contribution in [3.05, 3.63) is 193 Å². The molecule has 6 heteroatoms. The van der Waals surface area contributed by atoms with Crippen molar-refractivity contribution in [2.75, 3.05) is 0 Å². The van der Waals surface area contributed by atoms with Crippen LogP contribution in [0.2, 0.25) is 0 Å². The second-order valence-electron chi connectivity index (χ2n) is 14.5. The van der Waals surface area contributed by atoms with Gasteiger partial charge >= 0.3 is 0 Å². The number of amidine groups is 2. The first kappa shape index (κ1) is 32.0. The van der Waals surface area contributed by atoms with Gasteiger partial charge in [-0.15, -0.1) is 11.3 Å². The highest BCUT2D eigenvalue weighted by Gasteiger charge is 2.25. The molecule has 3 aromatic heterocycles. The molecular formula is C51H31N3O2S. The Morgan fingerprint density at radius 1 is 0.439 bits per heavy atom. The SMILES string of the molecule is c1ccc(-c2ccc(C3=NC(c4cccc5oc6ccc(-c7cccc8sc9ccccc9c78)cc6c45)NC(c4ccc5c(c4)oc4ccccc45)=N3)cc2)cc1. The minimum atomic E-state index is -0.454. The number of nitrogens with one attached hydrogen (secondary N) is 1. The van der Waals surface area contributed by atoms with Crippen LogP contribution < -0.4 is 5.32 Å². The molecule has 1 atom stereocenters. The predicted molar refractivity (Wildman–Crippen MR) is 237 cm³/mol. The molecule has 0 saturated heterocycles. The Hall–Kier alpha value is -7.28. The molecule has 0 aliphatic carbocycles. The van der Waals surface area contributed by atoms with E-state index in [0.717, 1.165) is 77.5 Å². The fraction of sp³-hybridized carbons (Fsp3) is 0.0196. The second kappa shape index (κ2) is 12.6. The number of para-hydroxylation sites is 1. The zero-order chi connectivity index (χ0) is 37.5. The number of aliphatic imine (C=N–C) groups is 2. The second-order valence-corrected chi connectivity index (χ2v) is 15.6. The molecule has 4 heterocycles. The van der Waals surface area contributed by atoms with E-state index in [4.69, 9.17) is 18.8 Å². The number of hydrogen-bond acceptors (Lipinski definition) is 6. The van der Waals surface area contributed by atoms with Crippen LogP contribution in [0.1, 0.15) is 22.9 Å². The van der Waals surface area contributed by atoms with Gasteiger partial charge in [0.05, 0.1) is 0 Å². The summed E-state index contributed by atoms with van der Waals surface area (Å²) < 4.78 is 15.5. The summed E-state index contributed by atoms with van der Waals surface area (Å²) in [6.07, 6.45) is -0.454. The summed E-state index contributed by atoms with van der Waals surface area (Å²) >= 11 is 1.84. The van der Waals surface area contributed by atoms with Crippen molar-refractivity contribution in [2.45, 2.75) is 6.17 Å². The van der Waals surface area contributed by atoms with Gasteiger partial charge in [-0.1, -0.05) is 127 Å². The average Bonchev–Trinajstić information content (AvgIpc) is 3.97. The van der Waals surface area contributed by atoms with E-state index < -0.39 is 6.17 Å². The third-order valence-electron chi connectivity index (χ3n) is 11.2. The lowest BCUT2D eigenvalue weighted by Crippen LogP contribution is -2.33. The monoisotopic (exact) mass is 749 g/mol. The molecule has 0 radical (unpaired) electrons. The van der Waals surface area contributed by atoms with Crippen LogP contribution in [0.5, 0.6) is 0 Å². The molecule has 11 aromatic rings. The lowest BCUT2D eigenvalue weighted by atomic mass is 9.96. The van der Waals surface area contributed by atoms with E-state index >= 15 is 0 Å². The minimum absolute atomic E-state index is 0.454. The third kappa shape index (κ3) is 5.22. The van der Waals surface area contributed by atoms with Crippen molar-refractivity contribution in [1.29, 1.82) is 0 Å². The lowest BCUT2D eigenvalue weighted by molar-refractivity contribution is 0.661. The van der Waals surface area contributed by atoms with Gasteiger partial charge in [-0.25, -0.2) is 9.98 Å². The highest BCUT2D eigenvalue weighted by Crippen LogP contribution is 2.43. The van der Waals surface area contributed by atoms with Crippen LogP contribution in [-0.2, 0) is 0 Å². The van der Waals surface area contributed by atoms with Crippen molar-refractivity contribution in [1.82, 2.24) is 5.32 Å². The van der Waals surface area contributed by atoms with Crippen LogP contribution in [0, 0.1) is 0 Å². The van der Waals surface area contributed by atoms with Gasteiger partial charge in [-0.05, 0) is 70.8 Å². The number of furan rings is 2. The smallest absolute Gasteiger partial charge is 0.159 e. The molecule has 5 nitrogen and oxygen atoms in total. The van der Waals surface area contributed by atoms with Crippen LogP contribution in [-0.4, -0.2) is 11.7 Å². The van der Waals surface area contributed by atoms with E-state index in [1.165, 1.54) is 31.3 Å². The van der Waals surface area contributed by atoms with Crippen LogP contribution in [0.3, 0.4) is 0 Å². The molecule has 1 aliphatic rings. The van der Waals surface area contributed by atoms with Gasteiger partial charge < -0.3 is 14.2 Å². The first-order valence-corrected chi connectivity index (χ1v) is 19.9. The molecule has 57 heavy (non-hydrogen) atoms. The maximum atomic E-state index is 6.56. The summed E-state index contributed by atoms with van der Waals surface area (Å²) in [5, 5.41) is 10.6. The van der Waals surface area contributed by atoms with Gasteiger partial charge in [0.2, 0.25) is 0 Å². The molecule has 8 aromatic carbocycles. The Labute approximate surface area is 330 Å². The van der Waals surface area contributed by atoms with E-state index in [9.17, 15) is 0 Å². The van der Waals surface area contributed by atoms with Crippen molar-refractivity contribution in [3.63, 3.8) is 0 Å². The number of hydrogen-bond donors (Lipinski definition) is 1. The fourth-order valence-corrected chi connectivity index (χ4v) is 9.60. The van der Waals surface area contributed by atoms with Gasteiger partial charge in [0, 0.05) is 58.4 Å². The number of thiophene rings is 1. The third-order valence-corrected chi connectivity index (χ3v) is 12.3. The molecule has 0 spiro atoms. The maximum Gasteiger partial charge on any atom is 0.159 e. The van der Waals surface area contributed by atoms with E-state index in [0.29, 0.717) is 5.84 Å². The van der Waals surface area contributed by atoms with Gasteiger partial charge in [0.25, 0.3) is 0 Å². The Balaban J connectivity index is 1.02. The molecule has 0 saturated carbocycles. The van der Waals surface area contributed by atoms with Crippen molar-refractivity contribution >= 4 is 87.1 Å². The molecule has 0 amide bonds. The predicted octanol–water partition coefficient (Wildman–Crippen LogP) is 13.7. The van der Waals surface area contributed by atoms with E-state index in [2.05, 4.69) is 151 Å². The number of benzene rings is 8. The normalized spacial score (nSPS) is 14.5. The van der Waals surface area contributed by atoms with Crippen molar-refractivity contribution < 1.29 is 8.83 Å². The summed E-state index contributed by atoms with van der Waals surface area (Å²) in [4.78, 5) is 10.5. The van der Waals surface area contributed by atoms with Gasteiger partial charge in [0.1, 0.15) is 34.3 Å². The van der Waals surface area contributed by atoms with Crippen LogP contribution in [0.15, 0.2) is 195 Å². The Morgan fingerprint density at radius 3 is 2.02 bits per heavy atom. The molecule has 0 fully saturated rings. The first-order valence-electron chi connectivity index (χ1n) is 19.1. The standard InChI is InChI=1S/C51H31N3O2S/c1-2-10-30(11-3-1)31-20-22-32(23-21-31)49-52-50(34-24-26-37-36-12-4-6-16-41(36)56-44(37)29-34)54-51(53-49)39-15-8-17-43-47(39)40-28-33(25-27-42(40)55-43)35-14-9-19-46-48(35)38-13-5-7-18-45(38)57-46/h1-29,51H,(H,52,53,54). The molecular weight excluding hydrogens is 719 g/mol. The molecule has 1 N–H and O–H groups in total. The summed E-state index contributed by atoms with van der Waals surface area (Å²) in [6, 6.07) is 61.5. The van der Waals surface area contributed by atoms with Crippen molar-refractivity contribution in [2.24, 2.45) is 9.98 Å². The van der Waals surface area contributed by atoms with Crippen LogP contribution >= 0.6 is 11.3 Å². The summed E-state index contributed by atoms with van der Waals surface area (Å²) in [5.41, 5.74) is 10.9. The zero-order valence-corrected chi connectivity index (χ0v) is 31.3. The quantitative estimate of drug-likeness (QED) is 0.191. The van der Waals surface area contributed by atoms with Crippen LogP contribution in [0.25, 0.3) is 86.3 Å². The zero-order valence-electron chi connectivity index (χ0n) is 30.4. The summed E-state index contributed by atoms with van der Waals surface area (Å²) in [7, 11) is 0. The minimum Gasteiger partial charge on any atom is -0.456 e. The van der Waals surface area contributed by atoms with E-state index in [1.54, 1.807) is 0 Å². The summed E-state index contributed by atoms with van der Waals surface area (Å²) in [6.45, 7) is 0. The van der Waals surface area contributed by atoms with Crippen molar-refractivity contribution in [3.8, 4) is 22.3 Å². The van der Waals surface area contributed by atoms with Gasteiger partial charge in [-0.3, -0.25) is 0 Å². The Bertz CT molecular complexity index is 3440. The lowest BCUT2D eigenvalue weighted by Gasteiger charge is -2.24.